The number of aliphatic imine (C=N–C) groups is 1. The van der Waals surface area contributed by atoms with Crippen LogP contribution >= 0.6 is 24.0 Å². The molecule has 7 nitrogen and oxygen atoms in total. The Hall–Kier alpha value is -1.58. The third-order valence-corrected chi connectivity index (χ3v) is 4.44. The van der Waals surface area contributed by atoms with E-state index in [1.165, 1.54) is 11.3 Å². The monoisotopic (exact) mass is 474 g/mol. The zero-order valence-electron chi connectivity index (χ0n) is 16.6. The lowest BCUT2D eigenvalue weighted by Gasteiger charge is -2.12. The van der Waals surface area contributed by atoms with Crippen LogP contribution in [-0.2, 0) is 33.0 Å². The van der Waals surface area contributed by atoms with Gasteiger partial charge in [-0.3, -0.25) is 4.68 Å². The summed E-state index contributed by atoms with van der Waals surface area (Å²) in [6.45, 7) is 12.4. The molecule has 2 rings (SSSR count). The fraction of sp³-hybridized carbons (Fsp3) is 0.611. The quantitative estimate of drug-likeness (QED) is 0.367. The molecule has 8 heteroatoms. The molecule has 0 saturated heterocycles. The van der Waals surface area contributed by atoms with Crippen LogP contribution in [0.1, 0.15) is 54.7 Å². The number of halogens is 1. The highest BCUT2D eigenvalue weighted by Crippen LogP contribution is 2.17. The summed E-state index contributed by atoms with van der Waals surface area (Å²) in [6.07, 6.45) is 1.68. The van der Waals surface area contributed by atoms with Gasteiger partial charge in [-0.1, -0.05) is 19.0 Å². The van der Waals surface area contributed by atoms with E-state index < -0.39 is 0 Å². The maximum absolute atomic E-state index is 5.42. The average Bonchev–Trinajstić information content (AvgIpc) is 3.11. The molecular formula is C18H31IN6O. The van der Waals surface area contributed by atoms with E-state index >= 15 is 0 Å². The highest BCUT2D eigenvalue weighted by molar-refractivity contribution is 14.0. The van der Waals surface area contributed by atoms with Crippen LogP contribution in [0.4, 0.5) is 0 Å². The highest BCUT2D eigenvalue weighted by Gasteiger charge is 2.14. The fourth-order valence-electron chi connectivity index (χ4n) is 2.86. The van der Waals surface area contributed by atoms with Crippen molar-refractivity contribution in [2.45, 2.75) is 60.5 Å². The molecule has 2 N–H and O–H groups in total. The van der Waals surface area contributed by atoms with Crippen molar-refractivity contribution >= 4 is 29.9 Å². The molecule has 2 aromatic heterocycles. The lowest BCUT2D eigenvalue weighted by Crippen LogP contribution is -2.37. The Morgan fingerprint density at radius 1 is 1.12 bits per heavy atom. The minimum absolute atomic E-state index is 0. The Kier molecular flexibility index (Phi) is 9.11. The zero-order chi connectivity index (χ0) is 18.4. The van der Waals surface area contributed by atoms with Gasteiger partial charge in [0.2, 0.25) is 0 Å². The maximum atomic E-state index is 5.42. The van der Waals surface area contributed by atoms with Crippen molar-refractivity contribution in [3.63, 3.8) is 0 Å². The minimum atomic E-state index is 0. The van der Waals surface area contributed by atoms with Crippen molar-refractivity contribution in [3.8, 4) is 0 Å². The van der Waals surface area contributed by atoms with Crippen molar-refractivity contribution in [2.24, 2.45) is 12.0 Å². The summed E-state index contributed by atoms with van der Waals surface area (Å²) in [5.74, 6) is 1.71. The van der Waals surface area contributed by atoms with Crippen molar-refractivity contribution in [1.29, 1.82) is 0 Å². The number of nitrogens with one attached hydrogen (secondary N) is 2. The summed E-state index contributed by atoms with van der Waals surface area (Å²) in [5, 5.41) is 15.3. The van der Waals surface area contributed by atoms with E-state index in [1.807, 2.05) is 18.7 Å². The molecule has 2 heterocycles. The molecule has 0 spiro atoms. The molecule has 0 saturated carbocycles. The molecule has 0 aliphatic carbocycles. The van der Waals surface area contributed by atoms with E-state index in [-0.39, 0.29) is 24.0 Å². The molecule has 0 radical (unpaired) electrons. The first kappa shape index (κ1) is 22.5. The standard InChI is InChI=1S/C18H30N6O.HI/c1-7-16-15(17(8-2)25-23-16)11-21-18(19-9-3)20-10-14-12(4)22-24(6)13(14)5;/h7-11H2,1-6H3,(H2,19,20,21);1H. The molecule has 0 aromatic carbocycles. The summed E-state index contributed by atoms with van der Waals surface area (Å²) in [5.41, 5.74) is 5.53. The van der Waals surface area contributed by atoms with Crippen LogP contribution in [-0.4, -0.2) is 27.4 Å². The molecule has 2 aromatic rings. The Morgan fingerprint density at radius 3 is 2.38 bits per heavy atom. The first-order valence-electron chi connectivity index (χ1n) is 8.99. The van der Waals surface area contributed by atoms with E-state index in [2.05, 4.69) is 48.6 Å². The molecule has 0 aliphatic heterocycles. The Balaban J connectivity index is 0.00000338. The van der Waals surface area contributed by atoms with E-state index in [0.717, 1.165) is 48.1 Å². The maximum Gasteiger partial charge on any atom is 0.191 e. The summed E-state index contributed by atoms with van der Waals surface area (Å²) < 4.78 is 7.33. The van der Waals surface area contributed by atoms with Gasteiger partial charge in [0, 0.05) is 43.4 Å². The highest BCUT2D eigenvalue weighted by atomic mass is 127. The number of guanidine groups is 1. The first-order valence-corrected chi connectivity index (χ1v) is 8.99. The van der Waals surface area contributed by atoms with Gasteiger partial charge in [-0.25, -0.2) is 4.99 Å². The second-order valence-corrected chi connectivity index (χ2v) is 6.06. The van der Waals surface area contributed by atoms with Gasteiger partial charge in [0.1, 0.15) is 5.76 Å². The van der Waals surface area contributed by atoms with Crippen LogP contribution in [0.25, 0.3) is 0 Å². The van der Waals surface area contributed by atoms with Gasteiger partial charge in [0.15, 0.2) is 5.96 Å². The molecule has 0 unspecified atom stereocenters. The number of hydrogen-bond acceptors (Lipinski definition) is 4. The molecule has 0 aliphatic rings. The summed E-state index contributed by atoms with van der Waals surface area (Å²) in [4.78, 5) is 4.72. The number of nitrogens with zero attached hydrogens (tertiary/aromatic N) is 4. The van der Waals surface area contributed by atoms with Crippen molar-refractivity contribution in [1.82, 2.24) is 25.6 Å². The smallest absolute Gasteiger partial charge is 0.191 e. The second-order valence-electron chi connectivity index (χ2n) is 6.06. The number of rotatable bonds is 7. The van der Waals surface area contributed by atoms with Crippen LogP contribution in [0.2, 0.25) is 0 Å². The average molecular weight is 474 g/mol. The Labute approximate surface area is 173 Å². The largest absolute Gasteiger partial charge is 0.361 e. The normalized spacial score (nSPS) is 11.4. The van der Waals surface area contributed by atoms with Gasteiger partial charge >= 0.3 is 0 Å². The van der Waals surface area contributed by atoms with Crippen molar-refractivity contribution in [2.75, 3.05) is 6.54 Å². The second kappa shape index (κ2) is 10.5. The lowest BCUT2D eigenvalue weighted by molar-refractivity contribution is 0.380. The number of aryl methyl sites for hydroxylation is 4. The van der Waals surface area contributed by atoms with Gasteiger partial charge in [-0.05, 0) is 27.2 Å². The zero-order valence-corrected chi connectivity index (χ0v) is 19.0. The van der Waals surface area contributed by atoms with Crippen LogP contribution in [0.15, 0.2) is 9.52 Å². The van der Waals surface area contributed by atoms with E-state index in [1.54, 1.807) is 0 Å². The van der Waals surface area contributed by atoms with Gasteiger partial charge in [-0.15, -0.1) is 24.0 Å². The molecule has 146 valence electrons. The topological polar surface area (TPSA) is 80.3 Å². The summed E-state index contributed by atoms with van der Waals surface area (Å²) in [7, 11) is 1.97. The third kappa shape index (κ3) is 5.21. The molecular weight excluding hydrogens is 443 g/mol. The molecule has 0 amide bonds. The van der Waals surface area contributed by atoms with E-state index in [4.69, 9.17) is 9.52 Å². The predicted molar refractivity (Wildman–Crippen MR) is 115 cm³/mol. The Morgan fingerprint density at radius 2 is 1.85 bits per heavy atom. The van der Waals surface area contributed by atoms with Crippen LogP contribution in [0.5, 0.6) is 0 Å². The van der Waals surface area contributed by atoms with Crippen molar-refractivity contribution < 1.29 is 4.52 Å². The van der Waals surface area contributed by atoms with Crippen LogP contribution in [0.3, 0.4) is 0 Å². The molecule has 26 heavy (non-hydrogen) atoms. The number of hydrogen-bond donors (Lipinski definition) is 2. The van der Waals surface area contributed by atoms with E-state index in [9.17, 15) is 0 Å². The lowest BCUT2D eigenvalue weighted by atomic mass is 10.1. The fourth-order valence-corrected chi connectivity index (χ4v) is 2.86. The molecule has 0 atom stereocenters. The van der Waals surface area contributed by atoms with Crippen LogP contribution in [0, 0.1) is 13.8 Å². The Bertz CT molecular complexity index is 713. The van der Waals surface area contributed by atoms with Gasteiger partial charge < -0.3 is 15.2 Å². The molecule has 0 bridgehead atoms. The third-order valence-electron chi connectivity index (χ3n) is 4.44. The number of aromatic nitrogens is 3. The van der Waals surface area contributed by atoms with E-state index in [0.29, 0.717) is 13.1 Å². The summed E-state index contributed by atoms with van der Waals surface area (Å²) >= 11 is 0. The van der Waals surface area contributed by atoms with Gasteiger partial charge in [0.05, 0.1) is 17.9 Å². The minimum Gasteiger partial charge on any atom is -0.361 e. The van der Waals surface area contributed by atoms with Gasteiger partial charge in [0.25, 0.3) is 0 Å². The molecule has 0 fully saturated rings. The summed E-state index contributed by atoms with van der Waals surface area (Å²) in [6, 6.07) is 0. The van der Waals surface area contributed by atoms with Crippen molar-refractivity contribution in [3.05, 3.63) is 34.0 Å². The predicted octanol–water partition coefficient (Wildman–Crippen LogP) is 3.02. The SMILES string of the molecule is CCNC(=NCc1c(CC)noc1CC)NCc1c(C)nn(C)c1C.I. The van der Waals surface area contributed by atoms with Crippen LogP contribution < -0.4 is 10.6 Å². The van der Waals surface area contributed by atoms with Gasteiger partial charge in [-0.2, -0.15) is 5.10 Å². The first-order chi connectivity index (χ1) is 12.0.